The topological polar surface area (TPSA) is 96.0 Å². The second-order valence-electron chi connectivity index (χ2n) is 10.6. The third-order valence-electron chi connectivity index (χ3n) is 7.46. The SMILES string of the molecule is CCCCC(CC)Cn1c2ccc(/C(=N/OC(C)=O)c3ccccc3OCC(F)(F)C(F)F)cc2c2cc([N+](=O)[O-])ccc21. The van der Waals surface area contributed by atoms with Crippen molar-refractivity contribution in [3.8, 4) is 5.75 Å². The number of nitrogens with zero attached hydrogens (tertiary/aromatic N) is 3. The molecule has 12 heteroatoms. The van der Waals surface area contributed by atoms with Crippen LogP contribution in [0.5, 0.6) is 5.75 Å². The van der Waals surface area contributed by atoms with E-state index in [9.17, 15) is 32.5 Å². The van der Waals surface area contributed by atoms with Gasteiger partial charge in [0, 0.05) is 58.5 Å². The smallest absolute Gasteiger partial charge is 0.340 e. The highest BCUT2D eigenvalue weighted by atomic mass is 19.3. The molecule has 0 aliphatic carbocycles. The van der Waals surface area contributed by atoms with Crippen molar-refractivity contribution in [1.29, 1.82) is 0 Å². The minimum absolute atomic E-state index is 0.0128. The van der Waals surface area contributed by atoms with Crippen LogP contribution >= 0.6 is 0 Å². The van der Waals surface area contributed by atoms with Crippen LogP contribution in [0.4, 0.5) is 23.2 Å². The molecule has 0 aliphatic heterocycles. The standard InChI is InChI=1S/C32H33F4N3O5/c1-4-6-9-21(5-2)18-38-27-14-12-22(16-25(27)26-17-23(39(41)42)13-15-28(26)38)30(37-44-20(3)40)24-10-7-8-11-29(24)43-19-32(35,36)31(33)34/h7-8,10-17,21,31H,4-6,9,18-19H2,1-3H3/b37-30-. The fourth-order valence-electron chi connectivity index (χ4n) is 5.12. The van der Waals surface area contributed by atoms with E-state index in [4.69, 9.17) is 9.57 Å². The van der Waals surface area contributed by atoms with E-state index in [1.807, 2.05) is 6.07 Å². The summed E-state index contributed by atoms with van der Waals surface area (Å²) < 4.78 is 60.3. The summed E-state index contributed by atoms with van der Waals surface area (Å²) in [5, 5.41) is 16.9. The molecule has 0 spiro atoms. The average Bonchev–Trinajstić information content (AvgIpc) is 3.30. The van der Waals surface area contributed by atoms with Crippen molar-refractivity contribution < 1.29 is 36.9 Å². The molecule has 0 radical (unpaired) electrons. The van der Waals surface area contributed by atoms with Crippen LogP contribution < -0.4 is 4.74 Å². The molecule has 1 heterocycles. The van der Waals surface area contributed by atoms with Gasteiger partial charge in [0.1, 0.15) is 11.5 Å². The third kappa shape index (κ3) is 7.17. The van der Waals surface area contributed by atoms with Crippen LogP contribution in [-0.2, 0) is 16.2 Å². The van der Waals surface area contributed by atoms with Gasteiger partial charge in [0.15, 0.2) is 6.61 Å². The fourth-order valence-corrected chi connectivity index (χ4v) is 5.12. The van der Waals surface area contributed by atoms with Crippen LogP contribution in [0.1, 0.15) is 57.6 Å². The molecular weight excluding hydrogens is 582 g/mol. The molecule has 234 valence electrons. The summed E-state index contributed by atoms with van der Waals surface area (Å²) >= 11 is 0. The first-order valence-electron chi connectivity index (χ1n) is 14.3. The number of para-hydroxylation sites is 1. The summed E-state index contributed by atoms with van der Waals surface area (Å²) in [4.78, 5) is 27.9. The molecule has 0 saturated heterocycles. The molecule has 0 amide bonds. The van der Waals surface area contributed by atoms with Crippen LogP contribution in [0.25, 0.3) is 21.8 Å². The summed E-state index contributed by atoms with van der Waals surface area (Å²) in [6.07, 6.45) is 0.189. The van der Waals surface area contributed by atoms with Gasteiger partial charge in [-0.25, -0.2) is 13.6 Å². The first kappa shape index (κ1) is 32.4. The Labute approximate surface area is 251 Å². The lowest BCUT2D eigenvalue weighted by Gasteiger charge is -2.18. The van der Waals surface area contributed by atoms with Gasteiger partial charge >= 0.3 is 18.3 Å². The average molecular weight is 616 g/mol. The summed E-state index contributed by atoms with van der Waals surface area (Å²) in [5.41, 5.74) is 2.02. The minimum atomic E-state index is -4.40. The van der Waals surface area contributed by atoms with Crippen LogP contribution in [0.2, 0.25) is 0 Å². The van der Waals surface area contributed by atoms with Gasteiger partial charge in [-0.1, -0.05) is 56.5 Å². The van der Waals surface area contributed by atoms with Gasteiger partial charge in [0.2, 0.25) is 0 Å². The Bertz CT molecular complexity index is 1690. The molecule has 1 atom stereocenters. The van der Waals surface area contributed by atoms with Crippen molar-refractivity contribution in [3.05, 3.63) is 81.9 Å². The molecule has 0 N–H and O–H groups in total. The minimum Gasteiger partial charge on any atom is -0.486 e. The number of nitro groups is 1. The lowest BCUT2D eigenvalue weighted by molar-refractivity contribution is -0.384. The van der Waals surface area contributed by atoms with E-state index >= 15 is 0 Å². The second kappa shape index (κ2) is 13.9. The number of non-ortho nitro benzene ring substituents is 1. The number of ether oxygens (including phenoxy) is 1. The van der Waals surface area contributed by atoms with Gasteiger partial charge in [-0.15, -0.1) is 0 Å². The zero-order valence-corrected chi connectivity index (χ0v) is 24.6. The maximum Gasteiger partial charge on any atom is 0.340 e. The lowest BCUT2D eigenvalue weighted by Crippen LogP contribution is -2.34. The Hall–Kier alpha value is -4.48. The number of halogens is 4. The zero-order valence-electron chi connectivity index (χ0n) is 24.6. The molecule has 0 fully saturated rings. The number of hydrogen-bond acceptors (Lipinski definition) is 6. The van der Waals surface area contributed by atoms with Crippen LogP contribution in [-0.4, -0.2) is 40.1 Å². The molecule has 4 aromatic rings. The molecular formula is C32H33F4N3O5. The zero-order chi connectivity index (χ0) is 32.0. The van der Waals surface area contributed by atoms with E-state index in [2.05, 4.69) is 23.6 Å². The summed E-state index contributed by atoms with van der Waals surface area (Å²) in [7, 11) is 0. The van der Waals surface area contributed by atoms with E-state index < -0.39 is 29.8 Å². The summed E-state index contributed by atoms with van der Waals surface area (Å²) in [5.74, 6) is -4.96. The van der Waals surface area contributed by atoms with Gasteiger partial charge in [0.05, 0.1) is 4.92 Å². The monoisotopic (exact) mass is 615 g/mol. The Kier molecular flexibility index (Phi) is 10.2. The highest BCUT2D eigenvalue weighted by molar-refractivity contribution is 6.18. The molecule has 0 bridgehead atoms. The first-order valence-corrected chi connectivity index (χ1v) is 14.3. The predicted octanol–water partition coefficient (Wildman–Crippen LogP) is 8.51. The molecule has 3 aromatic carbocycles. The second-order valence-corrected chi connectivity index (χ2v) is 10.6. The van der Waals surface area contributed by atoms with Crippen LogP contribution in [0.3, 0.4) is 0 Å². The highest BCUT2D eigenvalue weighted by Crippen LogP contribution is 2.35. The molecule has 0 saturated carbocycles. The molecule has 44 heavy (non-hydrogen) atoms. The Balaban J connectivity index is 1.89. The van der Waals surface area contributed by atoms with Gasteiger partial charge < -0.3 is 14.1 Å². The molecule has 1 aromatic heterocycles. The normalized spacial score (nSPS) is 13.0. The number of carbonyl (C=O) groups excluding carboxylic acids is 1. The maximum atomic E-state index is 13.7. The van der Waals surface area contributed by atoms with E-state index in [0.29, 0.717) is 28.8 Å². The number of unbranched alkanes of at least 4 members (excludes halogenated alkanes) is 1. The number of aromatic nitrogens is 1. The number of nitro benzene ring substituents is 1. The molecule has 8 nitrogen and oxygen atoms in total. The van der Waals surface area contributed by atoms with E-state index in [1.165, 1.54) is 30.3 Å². The van der Waals surface area contributed by atoms with Crippen LogP contribution in [0, 0.1) is 16.0 Å². The van der Waals surface area contributed by atoms with Crippen molar-refractivity contribution in [1.82, 2.24) is 4.57 Å². The van der Waals surface area contributed by atoms with Gasteiger partial charge in [-0.3, -0.25) is 10.1 Å². The summed E-state index contributed by atoms with van der Waals surface area (Å²) in [6.45, 7) is 4.50. The van der Waals surface area contributed by atoms with Crippen molar-refractivity contribution in [2.75, 3.05) is 6.61 Å². The van der Waals surface area contributed by atoms with E-state index in [-0.39, 0.29) is 22.7 Å². The summed E-state index contributed by atoms with van der Waals surface area (Å²) in [6, 6.07) is 15.7. The fraction of sp³-hybridized carbons (Fsp3) is 0.375. The molecule has 0 aliphatic rings. The Morgan fingerprint density at radius 2 is 1.73 bits per heavy atom. The number of alkyl halides is 4. The van der Waals surface area contributed by atoms with Crippen LogP contribution in [0.15, 0.2) is 65.8 Å². The number of carbonyl (C=O) groups is 1. The number of hydrogen-bond donors (Lipinski definition) is 0. The molecule has 1 unspecified atom stereocenters. The quantitative estimate of drug-likeness (QED) is 0.0466. The Morgan fingerprint density at radius 1 is 1.05 bits per heavy atom. The lowest BCUT2D eigenvalue weighted by atomic mass is 9.98. The maximum absolute atomic E-state index is 13.7. The number of fused-ring (bicyclic) bond motifs is 3. The number of oxime groups is 1. The van der Waals surface area contributed by atoms with Crippen molar-refractivity contribution >= 4 is 39.2 Å². The Morgan fingerprint density at radius 3 is 2.36 bits per heavy atom. The van der Waals surface area contributed by atoms with Gasteiger partial charge in [-0.2, -0.15) is 8.78 Å². The number of benzene rings is 3. The third-order valence-corrected chi connectivity index (χ3v) is 7.46. The van der Waals surface area contributed by atoms with Crippen molar-refractivity contribution in [2.24, 2.45) is 11.1 Å². The first-order chi connectivity index (χ1) is 21.0. The number of rotatable bonds is 14. The largest absolute Gasteiger partial charge is 0.486 e. The molecule has 4 rings (SSSR count). The van der Waals surface area contributed by atoms with Crippen molar-refractivity contribution in [2.45, 2.75) is 65.3 Å². The predicted molar refractivity (Wildman–Crippen MR) is 160 cm³/mol. The highest BCUT2D eigenvalue weighted by Gasteiger charge is 2.42. The van der Waals surface area contributed by atoms with E-state index in [0.717, 1.165) is 43.6 Å². The van der Waals surface area contributed by atoms with Crippen molar-refractivity contribution in [3.63, 3.8) is 0 Å². The van der Waals surface area contributed by atoms with E-state index in [1.54, 1.807) is 24.3 Å². The van der Waals surface area contributed by atoms with Gasteiger partial charge in [0.25, 0.3) is 5.69 Å². The van der Waals surface area contributed by atoms with Gasteiger partial charge in [-0.05, 0) is 42.7 Å².